The summed E-state index contributed by atoms with van der Waals surface area (Å²) in [5, 5.41) is 8.99. The number of aliphatic hydroxyl groups is 1. The lowest BCUT2D eigenvalue weighted by Gasteiger charge is -2.31. The Labute approximate surface area is 153 Å². The number of nitrogens with zero attached hydrogens (tertiary/aromatic N) is 1. The Kier molecular flexibility index (Phi) is 9.47. The van der Waals surface area contributed by atoms with Crippen LogP contribution in [0.15, 0.2) is 0 Å². The number of aliphatic hydroxyl groups excluding tert-OH is 1. The third-order valence-electron chi connectivity index (χ3n) is 5.16. The van der Waals surface area contributed by atoms with Crippen LogP contribution in [0.4, 0.5) is 0 Å². The number of cyclic esters (lactones) is 1. The van der Waals surface area contributed by atoms with Gasteiger partial charge < -0.3 is 14.7 Å². The summed E-state index contributed by atoms with van der Waals surface area (Å²) < 4.78 is 5.83. The van der Waals surface area contributed by atoms with Gasteiger partial charge in [-0.3, -0.25) is 4.79 Å². The number of carbonyl (C=O) groups is 2. The summed E-state index contributed by atoms with van der Waals surface area (Å²) >= 11 is 0. The quantitative estimate of drug-likeness (QED) is 0.586. The van der Waals surface area contributed by atoms with Crippen LogP contribution >= 0.6 is 0 Å². The summed E-state index contributed by atoms with van der Waals surface area (Å²) in [4.78, 5) is 27.1. The first kappa shape index (κ1) is 21.9. The van der Waals surface area contributed by atoms with Crippen molar-refractivity contribution in [2.75, 3.05) is 13.7 Å². The third kappa shape index (κ3) is 7.35. The van der Waals surface area contributed by atoms with E-state index in [-0.39, 0.29) is 30.5 Å². The zero-order valence-electron chi connectivity index (χ0n) is 16.7. The smallest absolute Gasteiger partial charge is 0.329 e. The van der Waals surface area contributed by atoms with Crippen LogP contribution in [0.5, 0.6) is 0 Å². The highest BCUT2D eigenvalue weighted by atomic mass is 16.5. The lowest BCUT2D eigenvalue weighted by atomic mass is 9.91. The molecule has 0 aromatic carbocycles. The molecule has 1 aliphatic rings. The Balaban J connectivity index is 2.96. The summed E-state index contributed by atoms with van der Waals surface area (Å²) in [5.41, 5.74) is 0. The van der Waals surface area contributed by atoms with Gasteiger partial charge in [-0.2, -0.15) is 0 Å². The van der Waals surface area contributed by atoms with Crippen molar-refractivity contribution < 1.29 is 19.4 Å². The number of hydrogen-bond acceptors (Lipinski definition) is 4. The van der Waals surface area contributed by atoms with Crippen LogP contribution in [0.1, 0.15) is 72.6 Å². The van der Waals surface area contributed by atoms with Gasteiger partial charge in [-0.05, 0) is 56.8 Å². The van der Waals surface area contributed by atoms with Crippen LogP contribution in [-0.4, -0.2) is 47.7 Å². The summed E-state index contributed by atoms with van der Waals surface area (Å²) in [6.07, 6.45) is 5.48. The van der Waals surface area contributed by atoms with E-state index < -0.39 is 6.04 Å². The zero-order valence-corrected chi connectivity index (χ0v) is 16.7. The number of hydrogen-bond donors (Lipinski definition) is 1. The topological polar surface area (TPSA) is 66.8 Å². The Morgan fingerprint density at radius 1 is 1.20 bits per heavy atom. The summed E-state index contributed by atoms with van der Waals surface area (Å²) in [6, 6.07) is -0.510. The van der Waals surface area contributed by atoms with Crippen LogP contribution in [0.25, 0.3) is 0 Å². The van der Waals surface area contributed by atoms with E-state index in [1.807, 2.05) is 6.92 Å². The van der Waals surface area contributed by atoms with Gasteiger partial charge in [0.05, 0.1) is 0 Å². The molecule has 0 bridgehead atoms. The van der Waals surface area contributed by atoms with Gasteiger partial charge in [0.2, 0.25) is 5.91 Å². The summed E-state index contributed by atoms with van der Waals surface area (Å²) in [5.74, 6) is 0.412. The van der Waals surface area contributed by atoms with Gasteiger partial charge in [-0.15, -0.1) is 0 Å². The van der Waals surface area contributed by atoms with E-state index in [2.05, 4.69) is 20.8 Å². The molecule has 146 valence electrons. The van der Waals surface area contributed by atoms with Crippen molar-refractivity contribution in [2.45, 2.75) is 84.8 Å². The minimum atomic E-state index is -0.510. The molecule has 0 aromatic heterocycles. The predicted molar refractivity (Wildman–Crippen MR) is 99.0 cm³/mol. The van der Waals surface area contributed by atoms with Gasteiger partial charge in [0.25, 0.3) is 0 Å². The van der Waals surface area contributed by atoms with Crippen LogP contribution in [0.3, 0.4) is 0 Å². The van der Waals surface area contributed by atoms with Crippen molar-refractivity contribution in [1.82, 2.24) is 4.90 Å². The lowest BCUT2D eigenvalue weighted by Crippen LogP contribution is -2.46. The average Bonchev–Trinajstić information content (AvgIpc) is 2.56. The van der Waals surface area contributed by atoms with Gasteiger partial charge in [0, 0.05) is 19.6 Å². The van der Waals surface area contributed by atoms with E-state index in [9.17, 15) is 9.59 Å². The molecule has 1 heterocycles. The highest BCUT2D eigenvalue weighted by molar-refractivity contribution is 5.85. The Morgan fingerprint density at radius 2 is 1.88 bits per heavy atom. The molecule has 1 aliphatic heterocycles. The number of unbranched alkanes of at least 4 members (excludes halogenated alkanes) is 1. The van der Waals surface area contributed by atoms with Crippen molar-refractivity contribution in [3.8, 4) is 0 Å². The molecule has 0 radical (unpaired) electrons. The van der Waals surface area contributed by atoms with E-state index in [0.29, 0.717) is 18.3 Å². The molecule has 5 heteroatoms. The first-order valence-electron chi connectivity index (χ1n) is 9.84. The molecule has 1 fully saturated rings. The fraction of sp³-hybridized carbons (Fsp3) is 0.900. The fourth-order valence-electron chi connectivity index (χ4n) is 3.64. The predicted octanol–water partition coefficient (Wildman–Crippen LogP) is 3.39. The van der Waals surface area contributed by atoms with Gasteiger partial charge in [0.15, 0.2) is 0 Å². The second-order valence-electron chi connectivity index (χ2n) is 8.19. The highest BCUT2D eigenvalue weighted by Crippen LogP contribution is 2.25. The number of esters is 1. The largest absolute Gasteiger partial charge is 0.461 e. The number of ether oxygens (including phenoxy) is 1. The second kappa shape index (κ2) is 10.8. The van der Waals surface area contributed by atoms with Crippen molar-refractivity contribution >= 4 is 11.9 Å². The van der Waals surface area contributed by atoms with E-state index in [0.717, 1.165) is 38.5 Å². The standard InChI is InChI=1S/C20H37NO4/c1-14(2)12-18-20(24)25-17(8-6-7-11-22)10-9-15(3)13-16(4)19(23)21(18)5/h14-18,22H,6-13H2,1-5H3/t15-,16+,17-,18-/m0/s1. The van der Waals surface area contributed by atoms with Crippen molar-refractivity contribution in [1.29, 1.82) is 0 Å². The Bertz CT molecular complexity index is 424. The monoisotopic (exact) mass is 355 g/mol. The maximum absolute atomic E-state index is 12.8. The van der Waals surface area contributed by atoms with Crippen LogP contribution in [-0.2, 0) is 14.3 Å². The SMILES string of the molecule is CC(C)C[C@H]1C(=O)O[C@@H](CCCCO)CC[C@H](C)C[C@@H](C)C(=O)N1C. The molecule has 1 N–H and O–H groups in total. The first-order valence-corrected chi connectivity index (χ1v) is 9.84. The summed E-state index contributed by atoms with van der Waals surface area (Å²) in [6.45, 7) is 8.41. The van der Waals surface area contributed by atoms with Crippen LogP contribution < -0.4 is 0 Å². The molecule has 1 saturated heterocycles. The minimum absolute atomic E-state index is 0.0354. The molecule has 4 atom stereocenters. The molecule has 0 saturated carbocycles. The minimum Gasteiger partial charge on any atom is -0.461 e. The van der Waals surface area contributed by atoms with Gasteiger partial charge >= 0.3 is 5.97 Å². The lowest BCUT2D eigenvalue weighted by molar-refractivity contribution is -0.160. The highest BCUT2D eigenvalue weighted by Gasteiger charge is 2.33. The molecule has 0 spiro atoms. The maximum Gasteiger partial charge on any atom is 0.329 e. The van der Waals surface area contributed by atoms with Gasteiger partial charge in [-0.25, -0.2) is 4.79 Å². The molecule has 0 aliphatic carbocycles. The van der Waals surface area contributed by atoms with Crippen LogP contribution in [0.2, 0.25) is 0 Å². The normalized spacial score (nSPS) is 29.5. The second-order valence-corrected chi connectivity index (χ2v) is 8.19. The van der Waals surface area contributed by atoms with Crippen molar-refractivity contribution in [2.24, 2.45) is 17.8 Å². The molecule has 1 rings (SSSR count). The number of likely N-dealkylation sites (N-methyl/N-ethyl adjacent to an activating group) is 1. The van der Waals surface area contributed by atoms with E-state index in [1.165, 1.54) is 0 Å². The number of rotatable bonds is 6. The molecular weight excluding hydrogens is 318 g/mol. The first-order chi connectivity index (χ1) is 11.8. The molecule has 0 unspecified atom stereocenters. The van der Waals surface area contributed by atoms with E-state index in [4.69, 9.17) is 9.84 Å². The molecule has 0 aromatic rings. The Morgan fingerprint density at radius 3 is 2.48 bits per heavy atom. The van der Waals surface area contributed by atoms with E-state index >= 15 is 0 Å². The van der Waals surface area contributed by atoms with E-state index in [1.54, 1.807) is 11.9 Å². The number of carbonyl (C=O) groups excluding carboxylic acids is 2. The number of amides is 1. The van der Waals surface area contributed by atoms with Crippen molar-refractivity contribution in [3.05, 3.63) is 0 Å². The third-order valence-corrected chi connectivity index (χ3v) is 5.16. The molecule has 5 nitrogen and oxygen atoms in total. The molecule has 25 heavy (non-hydrogen) atoms. The Hall–Kier alpha value is -1.10. The van der Waals surface area contributed by atoms with Crippen molar-refractivity contribution in [3.63, 3.8) is 0 Å². The molecular formula is C20H37NO4. The fourth-order valence-corrected chi connectivity index (χ4v) is 3.64. The van der Waals surface area contributed by atoms with Crippen LogP contribution in [0, 0.1) is 17.8 Å². The summed E-state index contributed by atoms with van der Waals surface area (Å²) in [7, 11) is 1.73. The van der Waals surface area contributed by atoms with Gasteiger partial charge in [0.1, 0.15) is 12.1 Å². The molecule has 1 amide bonds. The maximum atomic E-state index is 12.8. The van der Waals surface area contributed by atoms with Gasteiger partial charge in [-0.1, -0.05) is 27.7 Å². The zero-order chi connectivity index (χ0) is 19.0. The average molecular weight is 356 g/mol.